The van der Waals surface area contributed by atoms with Crippen molar-refractivity contribution in [2.75, 3.05) is 12.0 Å². The van der Waals surface area contributed by atoms with Gasteiger partial charge < -0.3 is 5.73 Å². The second-order valence-electron chi connectivity index (χ2n) is 4.15. The first-order chi connectivity index (χ1) is 9.45. The Morgan fingerprint density at radius 1 is 1.10 bits per heavy atom. The van der Waals surface area contributed by atoms with Crippen LogP contribution in [0.15, 0.2) is 35.5 Å². The normalized spacial score (nSPS) is 11.8. The van der Waals surface area contributed by atoms with Gasteiger partial charge in [0.25, 0.3) is 10.9 Å². The topological polar surface area (TPSA) is 116 Å². The van der Waals surface area contributed by atoms with E-state index in [0.717, 1.165) is 11.8 Å². The van der Waals surface area contributed by atoms with E-state index in [4.69, 9.17) is 5.73 Å². The number of rotatable bonds is 2. The predicted molar refractivity (Wildman–Crippen MR) is 71.5 cm³/mol. The maximum absolute atomic E-state index is 11.5. The summed E-state index contributed by atoms with van der Waals surface area (Å²) >= 11 is 0. The van der Waals surface area contributed by atoms with Crippen LogP contribution in [0.1, 0.15) is 0 Å². The lowest BCUT2D eigenvalue weighted by Gasteiger charge is -1.99. The molecular weight excluding hydrogens is 280 g/mol. The molecule has 2 heterocycles. The Bertz CT molecular complexity index is 888. The van der Waals surface area contributed by atoms with Crippen LogP contribution in [0.2, 0.25) is 0 Å². The van der Waals surface area contributed by atoms with Gasteiger partial charge in [0.15, 0.2) is 5.82 Å². The molecule has 0 spiro atoms. The van der Waals surface area contributed by atoms with E-state index < -0.39 is 9.84 Å². The van der Waals surface area contributed by atoms with Gasteiger partial charge in [-0.2, -0.15) is 19.5 Å². The fourth-order valence-electron chi connectivity index (χ4n) is 1.66. The van der Waals surface area contributed by atoms with Crippen molar-refractivity contribution >= 4 is 21.6 Å². The van der Waals surface area contributed by atoms with Gasteiger partial charge in [-0.3, -0.25) is 0 Å². The van der Waals surface area contributed by atoms with Crippen molar-refractivity contribution in [2.45, 2.75) is 5.16 Å². The molecule has 20 heavy (non-hydrogen) atoms. The van der Waals surface area contributed by atoms with Crippen LogP contribution in [0.5, 0.6) is 0 Å². The molecule has 3 rings (SSSR count). The molecule has 0 fully saturated rings. The molecule has 3 aromatic rings. The molecule has 0 unspecified atom stereocenters. The summed E-state index contributed by atoms with van der Waals surface area (Å²) in [6, 6.07) is 9.22. The van der Waals surface area contributed by atoms with Crippen LogP contribution in [0.3, 0.4) is 0 Å². The van der Waals surface area contributed by atoms with Crippen molar-refractivity contribution in [1.82, 2.24) is 24.6 Å². The lowest BCUT2D eigenvalue weighted by atomic mass is 10.2. The predicted octanol–water partition coefficient (Wildman–Crippen LogP) is 0.172. The number of sulfone groups is 1. The Kier molecular flexibility index (Phi) is 2.64. The number of benzene rings is 1. The van der Waals surface area contributed by atoms with Crippen molar-refractivity contribution in [3.63, 3.8) is 0 Å². The molecule has 9 heteroatoms. The number of hydrogen-bond acceptors (Lipinski definition) is 7. The van der Waals surface area contributed by atoms with E-state index >= 15 is 0 Å². The minimum atomic E-state index is -3.56. The SMILES string of the molecule is CS(=O)(=O)c1nc(N)n2nc(-c3ccccc3)nc2n1. The third-order valence-corrected chi connectivity index (χ3v) is 3.42. The second-order valence-corrected chi connectivity index (χ2v) is 6.06. The molecule has 102 valence electrons. The molecule has 0 amide bonds. The largest absolute Gasteiger partial charge is 0.368 e. The van der Waals surface area contributed by atoms with Gasteiger partial charge in [-0.25, -0.2) is 8.42 Å². The third kappa shape index (κ3) is 2.07. The second kappa shape index (κ2) is 4.23. The quantitative estimate of drug-likeness (QED) is 0.715. The van der Waals surface area contributed by atoms with Crippen LogP contribution in [0, 0.1) is 0 Å². The van der Waals surface area contributed by atoms with E-state index in [1.165, 1.54) is 4.52 Å². The van der Waals surface area contributed by atoms with Crippen LogP contribution in [-0.2, 0) is 9.84 Å². The van der Waals surface area contributed by atoms with Crippen LogP contribution in [-0.4, -0.2) is 39.2 Å². The summed E-state index contributed by atoms with van der Waals surface area (Å²) < 4.78 is 24.1. The highest BCUT2D eigenvalue weighted by atomic mass is 32.2. The fourth-order valence-corrected chi connectivity index (χ4v) is 2.17. The molecule has 0 aliphatic heterocycles. The first-order valence-electron chi connectivity index (χ1n) is 5.61. The number of anilines is 1. The van der Waals surface area contributed by atoms with Gasteiger partial charge in [-0.05, 0) is 0 Å². The third-order valence-electron chi connectivity index (χ3n) is 2.58. The van der Waals surface area contributed by atoms with E-state index in [0.29, 0.717) is 5.82 Å². The lowest BCUT2D eigenvalue weighted by molar-refractivity contribution is 0.592. The number of aromatic nitrogens is 5. The van der Waals surface area contributed by atoms with E-state index in [-0.39, 0.29) is 16.9 Å². The zero-order valence-corrected chi connectivity index (χ0v) is 11.2. The number of fused-ring (bicyclic) bond motifs is 1. The van der Waals surface area contributed by atoms with Gasteiger partial charge in [0, 0.05) is 11.8 Å². The average molecular weight is 290 g/mol. The molecule has 2 N–H and O–H groups in total. The lowest BCUT2D eigenvalue weighted by Crippen LogP contribution is -2.11. The molecule has 0 saturated carbocycles. The fraction of sp³-hybridized carbons (Fsp3) is 0.0909. The van der Waals surface area contributed by atoms with E-state index in [1.807, 2.05) is 30.3 Å². The summed E-state index contributed by atoms with van der Waals surface area (Å²) in [5.74, 6) is 0.416. The van der Waals surface area contributed by atoms with Crippen LogP contribution in [0.4, 0.5) is 5.95 Å². The zero-order chi connectivity index (χ0) is 14.3. The Hall–Kier alpha value is -2.55. The number of nitrogens with zero attached hydrogens (tertiary/aromatic N) is 5. The van der Waals surface area contributed by atoms with Gasteiger partial charge in [0.2, 0.25) is 15.8 Å². The van der Waals surface area contributed by atoms with Gasteiger partial charge in [0.05, 0.1) is 0 Å². The van der Waals surface area contributed by atoms with E-state index in [9.17, 15) is 8.42 Å². The summed E-state index contributed by atoms with van der Waals surface area (Å²) in [6.07, 6.45) is 1.01. The molecule has 2 aromatic heterocycles. The smallest absolute Gasteiger partial charge is 0.258 e. The maximum atomic E-state index is 11.5. The van der Waals surface area contributed by atoms with E-state index in [1.54, 1.807) is 0 Å². The first kappa shape index (κ1) is 12.5. The minimum Gasteiger partial charge on any atom is -0.368 e. The minimum absolute atomic E-state index is 0.0786. The maximum Gasteiger partial charge on any atom is 0.258 e. The standard InChI is InChI=1S/C11H10N6O2S/c1-20(18,19)11-14-9(12)17-10(15-11)13-8(16-17)7-5-3-2-4-6-7/h2-6H,1H3,(H2,12,13,14,15,16). The number of hydrogen-bond donors (Lipinski definition) is 1. The van der Waals surface area contributed by atoms with Crippen LogP contribution in [0.25, 0.3) is 17.2 Å². The molecule has 0 aliphatic rings. The molecule has 1 aromatic carbocycles. The highest BCUT2D eigenvalue weighted by molar-refractivity contribution is 7.90. The van der Waals surface area contributed by atoms with Gasteiger partial charge in [-0.15, -0.1) is 5.10 Å². The molecule has 0 aliphatic carbocycles. The average Bonchev–Trinajstić information content (AvgIpc) is 2.83. The zero-order valence-electron chi connectivity index (χ0n) is 10.4. The van der Waals surface area contributed by atoms with Gasteiger partial charge in [0.1, 0.15) is 0 Å². The monoisotopic (exact) mass is 290 g/mol. The van der Waals surface area contributed by atoms with Gasteiger partial charge in [-0.1, -0.05) is 30.3 Å². The molecular formula is C11H10N6O2S. The van der Waals surface area contributed by atoms with Crippen molar-refractivity contribution in [2.24, 2.45) is 0 Å². The molecule has 0 atom stereocenters. The number of nitrogen functional groups attached to an aromatic ring is 1. The number of nitrogens with two attached hydrogens (primary N) is 1. The summed E-state index contributed by atoms with van der Waals surface area (Å²) in [7, 11) is -3.56. The molecule has 0 radical (unpaired) electrons. The Morgan fingerprint density at radius 2 is 1.80 bits per heavy atom. The molecule has 8 nitrogen and oxygen atoms in total. The Morgan fingerprint density at radius 3 is 2.45 bits per heavy atom. The van der Waals surface area contributed by atoms with Crippen molar-refractivity contribution in [3.8, 4) is 11.4 Å². The molecule has 0 saturated heterocycles. The highest BCUT2D eigenvalue weighted by Gasteiger charge is 2.17. The van der Waals surface area contributed by atoms with Crippen molar-refractivity contribution in [1.29, 1.82) is 0 Å². The Balaban J connectivity index is 2.24. The Labute approximate surface area is 114 Å². The summed E-state index contributed by atoms with van der Waals surface area (Å²) in [4.78, 5) is 11.8. The van der Waals surface area contributed by atoms with Crippen LogP contribution >= 0.6 is 0 Å². The van der Waals surface area contributed by atoms with Crippen LogP contribution < -0.4 is 5.73 Å². The van der Waals surface area contributed by atoms with E-state index in [2.05, 4.69) is 20.1 Å². The summed E-state index contributed by atoms with van der Waals surface area (Å²) in [5.41, 5.74) is 6.47. The van der Waals surface area contributed by atoms with Crippen molar-refractivity contribution in [3.05, 3.63) is 30.3 Å². The van der Waals surface area contributed by atoms with Gasteiger partial charge >= 0.3 is 0 Å². The first-order valence-corrected chi connectivity index (χ1v) is 7.50. The highest BCUT2D eigenvalue weighted by Crippen LogP contribution is 2.16. The summed E-state index contributed by atoms with van der Waals surface area (Å²) in [6.45, 7) is 0. The van der Waals surface area contributed by atoms with Crippen molar-refractivity contribution < 1.29 is 8.42 Å². The summed E-state index contributed by atoms with van der Waals surface area (Å²) in [5, 5.41) is 3.80. The molecule has 0 bridgehead atoms.